The van der Waals surface area contributed by atoms with Crippen molar-refractivity contribution in [3.8, 4) is 17.0 Å². The van der Waals surface area contributed by atoms with Crippen LogP contribution in [0.15, 0.2) is 85.1 Å². The van der Waals surface area contributed by atoms with E-state index >= 15 is 0 Å². The molecule has 1 aliphatic heterocycles. The lowest BCUT2D eigenvalue weighted by Crippen LogP contribution is -2.52. The number of aromatic nitrogens is 2. The van der Waals surface area contributed by atoms with Gasteiger partial charge in [0, 0.05) is 37.4 Å². The summed E-state index contributed by atoms with van der Waals surface area (Å²) in [5.74, 6) is 0.684. The molecule has 6 nitrogen and oxygen atoms in total. The predicted molar refractivity (Wildman–Crippen MR) is 130 cm³/mol. The van der Waals surface area contributed by atoms with Crippen LogP contribution in [0.1, 0.15) is 6.92 Å². The smallest absolute Gasteiger partial charge is 0.263 e. The third-order valence-corrected chi connectivity index (χ3v) is 5.97. The lowest BCUT2D eigenvalue weighted by Gasteiger charge is -2.37. The standard InChI is InChI=1S/C27H26N4O2/c1-20(27(32)31-17-15-30(16-18-31)22-7-3-2-4-8-22)33-23-13-11-21(12-14-23)26-19-28-24-9-5-6-10-25(24)29-26/h2-14,19-20H,15-18H2,1H3/t20-/m1/s1. The van der Waals surface area contributed by atoms with E-state index in [0.717, 1.165) is 35.4 Å². The van der Waals surface area contributed by atoms with E-state index in [1.807, 2.05) is 78.6 Å². The van der Waals surface area contributed by atoms with Gasteiger partial charge in [0.2, 0.25) is 0 Å². The van der Waals surface area contributed by atoms with E-state index in [2.05, 4.69) is 27.0 Å². The highest BCUT2D eigenvalue weighted by molar-refractivity contribution is 5.81. The molecule has 1 fully saturated rings. The van der Waals surface area contributed by atoms with Crippen LogP contribution in [-0.2, 0) is 4.79 Å². The first-order chi connectivity index (χ1) is 16.2. The molecule has 4 aromatic rings. The Morgan fingerprint density at radius 2 is 1.52 bits per heavy atom. The summed E-state index contributed by atoms with van der Waals surface area (Å²) in [6.07, 6.45) is 1.24. The summed E-state index contributed by atoms with van der Waals surface area (Å²) >= 11 is 0. The Hall–Kier alpha value is -3.93. The lowest BCUT2D eigenvalue weighted by atomic mass is 10.1. The maximum absolute atomic E-state index is 12.9. The van der Waals surface area contributed by atoms with Gasteiger partial charge in [-0.25, -0.2) is 4.98 Å². The third-order valence-electron chi connectivity index (χ3n) is 5.97. The monoisotopic (exact) mass is 438 g/mol. The molecule has 0 radical (unpaired) electrons. The molecule has 1 amide bonds. The van der Waals surface area contributed by atoms with Crippen LogP contribution in [0.4, 0.5) is 5.69 Å². The molecule has 1 atom stereocenters. The molecule has 33 heavy (non-hydrogen) atoms. The summed E-state index contributed by atoms with van der Waals surface area (Å²) in [4.78, 5) is 26.3. The van der Waals surface area contributed by atoms with Crippen molar-refractivity contribution in [1.82, 2.24) is 14.9 Å². The summed E-state index contributed by atoms with van der Waals surface area (Å²) in [7, 11) is 0. The first kappa shape index (κ1) is 20.9. The molecule has 1 saturated heterocycles. The fraction of sp³-hybridized carbons (Fsp3) is 0.222. The average molecular weight is 439 g/mol. The van der Waals surface area contributed by atoms with Crippen LogP contribution >= 0.6 is 0 Å². The van der Waals surface area contributed by atoms with Crippen molar-refractivity contribution < 1.29 is 9.53 Å². The van der Waals surface area contributed by atoms with Crippen molar-refractivity contribution in [3.05, 3.63) is 85.1 Å². The van der Waals surface area contributed by atoms with Gasteiger partial charge in [0.1, 0.15) is 5.75 Å². The Bertz CT molecular complexity index is 1240. The summed E-state index contributed by atoms with van der Waals surface area (Å²) in [6, 6.07) is 25.8. The quantitative estimate of drug-likeness (QED) is 0.462. The number of hydrogen-bond donors (Lipinski definition) is 0. The fourth-order valence-corrected chi connectivity index (χ4v) is 4.14. The van der Waals surface area contributed by atoms with E-state index in [4.69, 9.17) is 4.74 Å². The lowest BCUT2D eigenvalue weighted by molar-refractivity contribution is -0.138. The molecule has 0 N–H and O–H groups in total. The van der Waals surface area contributed by atoms with Gasteiger partial charge >= 0.3 is 0 Å². The molecule has 0 spiro atoms. The predicted octanol–water partition coefficient (Wildman–Crippen LogP) is 4.41. The van der Waals surface area contributed by atoms with Crippen LogP contribution in [0.3, 0.4) is 0 Å². The first-order valence-corrected chi connectivity index (χ1v) is 11.2. The van der Waals surface area contributed by atoms with Gasteiger partial charge in [0.05, 0.1) is 22.9 Å². The number of para-hydroxylation sites is 3. The maximum atomic E-state index is 12.9. The molecule has 3 aromatic carbocycles. The first-order valence-electron chi connectivity index (χ1n) is 11.2. The second kappa shape index (κ2) is 9.28. The molecule has 5 rings (SSSR count). The molecule has 1 aliphatic rings. The molecule has 6 heteroatoms. The highest BCUT2D eigenvalue weighted by Gasteiger charge is 2.26. The number of carbonyl (C=O) groups excluding carboxylic acids is 1. The van der Waals surface area contributed by atoms with Crippen LogP contribution < -0.4 is 9.64 Å². The van der Waals surface area contributed by atoms with Crippen LogP contribution in [0, 0.1) is 0 Å². The van der Waals surface area contributed by atoms with Gasteiger partial charge in [0.25, 0.3) is 5.91 Å². The Labute approximate surface area is 193 Å². The Balaban J connectivity index is 1.19. The van der Waals surface area contributed by atoms with Crippen LogP contribution in [0.25, 0.3) is 22.3 Å². The summed E-state index contributed by atoms with van der Waals surface area (Å²) in [5, 5.41) is 0. The zero-order valence-corrected chi connectivity index (χ0v) is 18.6. The van der Waals surface area contributed by atoms with Gasteiger partial charge < -0.3 is 14.5 Å². The fourth-order valence-electron chi connectivity index (χ4n) is 4.14. The minimum Gasteiger partial charge on any atom is -0.481 e. The number of anilines is 1. The second-order valence-electron chi connectivity index (χ2n) is 8.18. The number of rotatable bonds is 5. The highest BCUT2D eigenvalue weighted by atomic mass is 16.5. The molecule has 0 aliphatic carbocycles. The number of ether oxygens (including phenoxy) is 1. The van der Waals surface area contributed by atoms with Crippen molar-refractivity contribution in [3.63, 3.8) is 0 Å². The Morgan fingerprint density at radius 1 is 0.848 bits per heavy atom. The van der Waals surface area contributed by atoms with Crippen molar-refractivity contribution in [2.45, 2.75) is 13.0 Å². The van der Waals surface area contributed by atoms with Crippen LogP contribution in [-0.4, -0.2) is 53.1 Å². The minimum atomic E-state index is -0.542. The summed E-state index contributed by atoms with van der Waals surface area (Å²) in [6.45, 7) is 4.85. The number of fused-ring (bicyclic) bond motifs is 1. The Kier molecular flexibility index (Phi) is 5.89. The normalized spacial score (nSPS) is 14.8. The third kappa shape index (κ3) is 4.65. The largest absolute Gasteiger partial charge is 0.481 e. The molecular weight excluding hydrogens is 412 g/mol. The SMILES string of the molecule is C[C@@H](Oc1ccc(-c2cnc3ccccc3n2)cc1)C(=O)N1CCN(c2ccccc2)CC1. The molecule has 0 bridgehead atoms. The summed E-state index contributed by atoms with van der Waals surface area (Å²) < 4.78 is 5.96. The number of piperazine rings is 1. The topological polar surface area (TPSA) is 58.6 Å². The van der Waals surface area contributed by atoms with E-state index in [0.29, 0.717) is 18.8 Å². The van der Waals surface area contributed by atoms with Gasteiger partial charge in [0.15, 0.2) is 6.10 Å². The highest BCUT2D eigenvalue weighted by Crippen LogP contribution is 2.23. The molecule has 0 unspecified atom stereocenters. The van der Waals surface area contributed by atoms with Crippen molar-refractivity contribution in [1.29, 1.82) is 0 Å². The average Bonchev–Trinajstić information content (AvgIpc) is 2.89. The second-order valence-corrected chi connectivity index (χ2v) is 8.18. The van der Waals surface area contributed by atoms with Crippen molar-refractivity contribution >= 4 is 22.6 Å². The zero-order chi connectivity index (χ0) is 22.6. The zero-order valence-electron chi connectivity index (χ0n) is 18.6. The number of benzene rings is 3. The van der Waals surface area contributed by atoms with Crippen molar-refractivity contribution in [2.24, 2.45) is 0 Å². The van der Waals surface area contributed by atoms with E-state index in [-0.39, 0.29) is 5.91 Å². The molecule has 0 saturated carbocycles. The number of amides is 1. The van der Waals surface area contributed by atoms with Gasteiger partial charge in [-0.2, -0.15) is 0 Å². The van der Waals surface area contributed by atoms with Gasteiger partial charge in [-0.05, 0) is 55.5 Å². The van der Waals surface area contributed by atoms with E-state index in [9.17, 15) is 4.79 Å². The van der Waals surface area contributed by atoms with Crippen molar-refractivity contribution in [2.75, 3.05) is 31.1 Å². The van der Waals surface area contributed by atoms with Gasteiger partial charge in [-0.1, -0.05) is 30.3 Å². The summed E-state index contributed by atoms with van der Waals surface area (Å²) in [5.41, 5.74) is 4.70. The van der Waals surface area contributed by atoms with E-state index < -0.39 is 6.10 Å². The van der Waals surface area contributed by atoms with Gasteiger partial charge in [-0.15, -0.1) is 0 Å². The Morgan fingerprint density at radius 3 is 2.24 bits per heavy atom. The van der Waals surface area contributed by atoms with Crippen LogP contribution in [0.2, 0.25) is 0 Å². The number of hydrogen-bond acceptors (Lipinski definition) is 5. The van der Waals surface area contributed by atoms with Crippen LogP contribution in [0.5, 0.6) is 5.75 Å². The maximum Gasteiger partial charge on any atom is 0.263 e. The molecular formula is C27H26N4O2. The molecule has 166 valence electrons. The van der Waals surface area contributed by atoms with E-state index in [1.54, 1.807) is 6.20 Å². The minimum absolute atomic E-state index is 0.0205. The number of nitrogens with zero attached hydrogens (tertiary/aromatic N) is 4. The van der Waals surface area contributed by atoms with Gasteiger partial charge in [-0.3, -0.25) is 9.78 Å². The number of carbonyl (C=O) groups is 1. The molecule has 2 heterocycles. The van der Waals surface area contributed by atoms with E-state index in [1.165, 1.54) is 5.69 Å². The molecule has 1 aromatic heterocycles.